The number of carbonyl (C=O) groups is 1. The number of carbonyl (C=O) groups excluding carboxylic acids is 1. The molecule has 2 aromatic rings. The van der Waals surface area contributed by atoms with Gasteiger partial charge in [0.05, 0.1) is 26.3 Å². The molecular formula is C17H22N2O5. The zero-order valence-corrected chi connectivity index (χ0v) is 14.1. The van der Waals surface area contributed by atoms with Gasteiger partial charge in [0.25, 0.3) is 0 Å². The third kappa shape index (κ3) is 4.73. The molecule has 0 saturated carbocycles. The fourth-order valence-electron chi connectivity index (χ4n) is 2.19. The van der Waals surface area contributed by atoms with Crippen molar-refractivity contribution < 1.29 is 23.5 Å². The Balaban J connectivity index is 1.99. The van der Waals surface area contributed by atoms with E-state index in [1.54, 1.807) is 39.5 Å². The third-order valence-electron chi connectivity index (χ3n) is 3.42. The molecule has 1 heterocycles. The molecule has 0 aliphatic rings. The van der Waals surface area contributed by atoms with Crippen molar-refractivity contribution in [1.82, 2.24) is 10.5 Å². The Hall–Kier alpha value is -2.54. The molecule has 7 heteroatoms. The maximum absolute atomic E-state index is 11.8. The van der Waals surface area contributed by atoms with Crippen molar-refractivity contribution in [3.8, 4) is 22.8 Å². The average Bonchev–Trinajstić information content (AvgIpc) is 3.06. The maximum atomic E-state index is 11.8. The van der Waals surface area contributed by atoms with Crippen molar-refractivity contribution in [2.45, 2.75) is 12.8 Å². The number of nitrogens with zero attached hydrogens (tertiary/aromatic N) is 1. The molecule has 0 aliphatic carbocycles. The molecule has 2 rings (SSSR count). The minimum Gasteiger partial charge on any atom is -0.493 e. The zero-order valence-electron chi connectivity index (χ0n) is 14.1. The van der Waals surface area contributed by atoms with E-state index in [0.717, 1.165) is 12.0 Å². The number of aromatic nitrogens is 1. The summed E-state index contributed by atoms with van der Waals surface area (Å²) in [5.74, 6) is 1.71. The first-order valence-corrected chi connectivity index (χ1v) is 7.61. The first kappa shape index (κ1) is 17.8. The minimum absolute atomic E-state index is 0.0988. The molecule has 0 unspecified atom stereocenters. The Morgan fingerprint density at radius 2 is 1.96 bits per heavy atom. The van der Waals surface area contributed by atoms with Gasteiger partial charge in [0, 0.05) is 31.9 Å². The Kier molecular flexibility index (Phi) is 6.62. The monoisotopic (exact) mass is 334 g/mol. The summed E-state index contributed by atoms with van der Waals surface area (Å²) in [6.45, 7) is 1.20. The SMILES string of the molecule is COCCCNC(=O)Cc1cc(-c2ccc(OC)c(OC)c2)on1. The van der Waals surface area contributed by atoms with Gasteiger partial charge in [-0.2, -0.15) is 0 Å². The summed E-state index contributed by atoms with van der Waals surface area (Å²) >= 11 is 0. The summed E-state index contributed by atoms with van der Waals surface area (Å²) in [5, 5.41) is 6.75. The van der Waals surface area contributed by atoms with E-state index >= 15 is 0 Å². The molecule has 0 fully saturated rings. The smallest absolute Gasteiger partial charge is 0.226 e. The lowest BCUT2D eigenvalue weighted by molar-refractivity contribution is -0.120. The second kappa shape index (κ2) is 8.93. The second-order valence-corrected chi connectivity index (χ2v) is 5.13. The van der Waals surface area contributed by atoms with E-state index in [2.05, 4.69) is 10.5 Å². The predicted octanol–water partition coefficient (Wildman–Crippen LogP) is 2.05. The molecule has 24 heavy (non-hydrogen) atoms. The molecule has 130 valence electrons. The first-order valence-electron chi connectivity index (χ1n) is 7.61. The van der Waals surface area contributed by atoms with Crippen LogP contribution < -0.4 is 14.8 Å². The van der Waals surface area contributed by atoms with Crippen LogP contribution in [0.3, 0.4) is 0 Å². The molecule has 0 spiro atoms. The highest BCUT2D eigenvalue weighted by atomic mass is 16.5. The fourth-order valence-corrected chi connectivity index (χ4v) is 2.19. The number of rotatable bonds is 9. The van der Waals surface area contributed by atoms with E-state index in [9.17, 15) is 4.79 Å². The molecule has 0 saturated heterocycles. The number of methoxy groups -OCH3 is 3. The van der Waals surface area contributed by atoms with Gasteiger partial charge in [-0.1, -0.05) is 5.16 Å². The van der Waals surface area contributed by atoms with E-state index < -0.39 is 0 Å². The topological polar surface area (TPSA) is 82.8 Å². The van der Waals surface area contributed by atoms with Gasteiger partial charge in [-0.25, -0.2) is 0 Å². The van der Waals surface area contributed by atoms with Gasteiger partial charge in [0.1, 0.15) is 0 Å². The van der Waals surface area contributed by atoms with Crippen LogP contribution in [0.2, 0.25) is 0 Å². The van der Waals surface area contributed by atoms with Gasteiger partial charge in [0.2, 0.25) is 5.91 Å². The maximum Gasteiger partial charge on any atom is 0.226 e. The lowest BCUT2D eigenvalue weighted by atomic mass is 10.1. The first-order chi connectivity index (χ1) is 11.7. The van der Waals surface area contributed by atoms with E-state index in [4.69, 9.17) is 18.7 Å². The van der Waals surface area contributed by atoms with Crippen LogP contribution in [0.4, 0.5) is 0 Å². The van der Waals surface area contributed by atoms with Gasteiger partial charge in [-0.3, -0.25) is 4.79 Å². The summed E-state index contributed by atoms with van der Waals surface area (Å²) in [6, 6.07) is 7.18. The number of amides is 1. The number of nitrogens with one attached hydrogen (secondary N) is 1. The summed E-state index contributed by atoms with van der Waals surface area (Å²) in [6.07, 6.45) is 0.946. The molecule has 1 N–H and O–H groups in total. The fraction of sp³-hybridized carbons (Fsp3) is 0.412. The molecule has 1 aromatic carbocycles. The minimum atomic E-state index is -0.0988. The summed E-state index contributed by atoms with van der Waals surface area (Å²) in [7, 11) is 4.78. The predicted molar refractivity (Wildman–Crippen MR) is 88.2 cm³/mol. The number of hydrogen-bond acceptors (Lipinski definition) is 6. The highest BCUT2D eigenvalue weighted by molar-refractivity contribution is 5.78. The van der Waals surface area contributed by atoms with Crippen LogP contribution in [-0.4, -0.2) is 45.5 Å². The van der Waals surface area contributed by atoms with Gasteiger partial charge >= 0.3 is 0 Å². The van der Waals surface area contributed by atoms with Crippen LogP contribution in [0.25, 0.3) is 11.3 Å². The van der Waals surface area contributed by atoms with Crippen molar-refractivity contribution >= 4 is 5.91 Å². The Morgan fingerprint density at radius 1 is 1.17 bits per heavy atom. The highest BCUT2D eigenvalue weighted by Crippen LogP contribution is 2.32. The summed E-state index contributed by atoms with van der Waals surface area (Å²) in [4.78, 5) is 11.8. The van der Waals surface area contributed by atoms with Crippen LogP contribution in [0.15, 0.2) is 28.8 Å². The normalized spacial score (nSPS) is 10.5. The number of benzene rings is 1. The van der Waals surface area contributed by atoms with Crippen LogP contribution in [0.5, 0.6) is 11.5 Å². The van der Waals surface area contributed by atoms with Crippen molar-refractivity contribution in [3.05, 3.63) is 30.0 Å². The molecule has 0 bridgehead atoms. The van der Waals surface area contributed by atoms with Crippen LogP contribution in [0.1, 0.15) is 12.1 Å². The van der Waals surface area contributed by atoms with Crippen molar-refractivity contribution in [3.63, 3.8) is 0 Å². The molecule has 1 aromatic heterocycles. The van der Waals surface area contributed by atoms with Crippen molar-refractivity contribution in [1.29, 1.82) is 0 Å². The Bertz CT molecular complexity index is 669. The Morgan fingerprint density at radius 3 is 2.67 bits per heavy atom. The molecule has 0 radical (unpaired) electrons. The average molecular weight is 334 g/mol. The van der Waals surface area contributed by atoms with Crippen LogP contribution in [-0.2, 0) is 16.0 Å². The van der Waals surface area contributed by atoms with E-state index in [1.165, 1.54) is 0 Å². The van der Waals surface area contributed by atoms with Gasteiger partial charge in [-0.15, -0.1) is 0 Å². The summed E-state index contributed by atoms with van der Waals surface area (Å²) in [5.41, 5.74) is 1.37. The van der Waals surface area contributed by atoms with Crippen molar-refractivity contribution in [2.24, 2.45) is 0 Å². The quantitative estimate of drug-likeness (QED) is 0.707. The third-order valence-corrected chi connectivity index (χ3v) is 3.42. The van der Waals surface area contributed by atoms with E-state index in [-0.39, 0.29) is 12.3 Å². The molecular weight excluding hydrogens is 312 g/mol. The van der Waals surface area contributed by atoms with E-state index in [1.807, 2.05) is 6.07 Å². The Labute approximate surface area is 140 Å². The van der Waals surface area contributed by atoms with Crippen molar-refractivity contribution in [2.75, 3.05) is 34.5 Å². The van der Waals surface area contributed by atoms with Gasteiger partial charge in [0.15, 0.2) is 17.3 Å². The number of hydrogen-bond donors (Lipinski definition) is 1. The highest BCUT2D eigenvalue weighted by Gasteiger charge is 2.13. The molecule has 0 atom stereocenters. The molecule has 7 nitrogen and oxygen atoms in total. The van der Waals surface area contributed by atoms with Gasteiger partial charge in [-0.05, 0) is 24.6 Å². The van der Waals surface area contributed by atoms with E-state index in [0.29, 0.717) is 36.1 Å². The molecule has 1 amide bonds. The van der Waals surface area contributed by atoms with Gasteiger partial charge < -0.3 is 24.1 Å². The molecule has 0 aliphatic heterocycles. The zero-order chi connectivity index (χ0) is 17.4. The van der Waals surface area contributed by atoms with Crippen LogP contribution in [0, 0.1) is 0 Å². The lowest BCUT2D eigenvalue weighted by Gasteiger charge is -2.07. The summed E-state index contributed by atoms with van der Waals surface area (Å²) < 4.78 is 20.7. The standard InChI is InChI=1S/C17H22N2O5/c1-21-8-4-7-18-17(20)11-13-10-15(24-19-13)12-5-6-14(22-2)16(9-12)23-3/h5-6,9-10H,4,7-8,11H2,1-3H3,(H,18,20). The number of ether oxygens (including phenoxy) is 3. The largest absolute Gasteiger partial charge is 0.493 e. The second-order valence-electron chi connectivity index (χ2n) is 5.13. The lowest BCUT2D eigenvalue weighted by Crippen LogP contribution is -2.26. The van der Waals surface area contributed by atoms with Crippen LogP contribution >= 0.6 is 0 Å².